The fraction of sp³-hybridized carbons (Fsp3) is 0.692. The molecule has 0 fully saturated rings. The highest BCUT2D eigenvalue weighted by atomic mass is 16.6. The molecule has 0 atom stereocenters. The van der Waals surface area contributed by atoms with Crippen LogP contribution in [0.4, 0.5) is 0 Å². The molecule has 0 radical (unpaired) electrons. The van der Waals surface area contributed by atoms with Crippen LogP contribution in [0, 0.1) is 5.92 Å². The van der Waals surface area contributed by atoms with Crippen molar-refractivity contribution in [2.75, 3.05) is 13.2 Å². The number of carbonyl (C=O) groups excluding carboxylic acids is 1. The summed E-state index contributed by atoms with van der Waals surface area (Å²) < 4.78 is 5.23. The molecule has 19 heavy (non-hydrogen) atoms. The summed E-state index contributed by atoms with van der Waals surface area (Å²) in [6.45, 7) is 12.7. The monoisotopic (exact) mass is 271 g/mol. The lowest BCUT2D eigenvalue weighted by molar-refractivity contribution is -0.154. The van der Waals surface area contributed by atoms with E-state index >= 15 is 0 Å². The first kappa shape index (κ1) is 17.4. The van der Waals surface area contributed by atoms with Crippen molar-refractivity contribution in [1.82, 2.24) is 0 Å². The maximum absolute atomic E-state index is 11.6. The predicted octanol–water partition coefficient (Wildman–Crippen LogP) is 2.34. The van der Waals surface area contributed by atoms with Crippen molar-refractivity contribution in [2.24, 2.45) is 10.3 Å². The lowest BCUT2D eigenvalue weighted by atomic mass is 10.0. The van der Waals surface area contributed by atoms with Gasteiger partial charge in [-0.25, -0.2) is 0 Å². The molecule has 6 heteroatoms. The summed E-state index contributed by atoms with van der Waals surface area (Å²) in [4.78, 5) is 21.3. The van der Waals surface area contributed by atoms with E-state index in [0.717, 1.165) is 5.92 Å². The number of ether oxygens (including phenoxy) is 1. The van der Waals surface area contributed by atoms with Gasteiger partial charge in [0.25, 0.3) is 0 Å². The van der Waals surface area contributed by atoms with Gasteiger partial charge in [0.05, 0.1) is 6.61 Å². The Hall–Kier alpha value is -1.59. The van der Waals surface area contributed by atoms with Gasteiger partial charge in [-0.2, -0.15) is 6.42 Å². The van der Waals surface area contributed by atoms with E-state index in [0.29, 0.717) is 32.5 Å². The highest BCUT2D eigenvalue weighted by Crippen LogP contribution is 2.17. The third kappa shape index (κ3) is 11.2. The molecule has 0 saturated carbocycles. The van der Waals surface area contributed by atoms with Crippen molar-refractivity contribution in [1.29, 1.82) is 0 Å². The maximum Gasteiger partial charge on any atom is 0.303 e. The molecule has 0 bridgehead atoms. The van der Waals surface area contributed by atoms with Gasteiger partial charge in [-0.1, -0.05) is 0 Å². The number of nitrogens with zero attached hydrogens (tertiary/aromatic N) is 2. The van der Waals surface area contributed by atoms with Gasteiger partial charge >= 0.3 is 5.97 Å². The molecule has 0 spiro atoms. The Kier molecular flexibility index (Phi) is 8.57. The van der Waals surface area contributed by atoms with E-state index < -0.39 is 5.60 Å². The molecule has 0 aromatic rings. The van der Waals surface area contributed by atoms with Crippen molar-refractivity contribution in [3.05, 3.63) is 5.92 Å². The molecule has 0 N–H and O–H groups in total. The molecule has 0 rings (SSSR count). The zero-order chi connectivity index (χ0) is 14.7. The molecule has 0 amide bonds. The number of oxime groups is 2. The Labute approximate surface area is 114 Å². The van der Waals surface area contributed by atoms with Crippen LogP contribution in [0.2, 0.25) is 0 Å². The van der Waals surface area contributed by atoms with Gasteiger partial charge in [0.15, 0.2) is 0 Å². The summed E-state index contributed by atoms with van der Waals surface area (Å²) in [5, 5.41) is 6.63. The van der Waals surface area contributed by atoms with Crippen LogP contribution in [0.15, 0.2) is 10.3 Å². The van der Waals surface area contributed by atoms with Gasteiger partial charge in [-0.05, 0) is 27.4 Å². The molecule has 0 saturated heterocycles. The summed E-state index contributed by atoms with van der Waals surface area (Å²) in [7, 11) is 0. The quantitative estimate of drug-likeness (QED) is 0.201. The van der Waals surface area contributed by atoms with Crippen LogP contribution in [-0.4, -0.2) is 38.2 Å². The van der Waals surface area contributed by atoms with Crippen LogP contribution >= 0.6 is 0 Å². The molecule has 0 aliphatic rings. The van der Waals surface area contributed by atoms with E-state index in [1.807, 2.05) is 20.8 Å². The van der Waals surface area contributed by atoms with Gasteiger partial charge < -0.3 is 14.4 Å². The minimum Gasteiger partial charge on any atom is -0.460 e. The Morgan fingerprint density at radius 1 is 1.16 bits per heavy atom. The lowest BCUT2D eigenvalue weighted by Crippen LogP contribution is -2.24. The van der Waals surface area contributed by atoms with Gasteiger partial charge in [0.1, 0.15) is 5.60 Å². The molecular weight excluding hydrogens is 248 g/mol. The highest BCUT2D eigenvalue weighted by Gasteiger charge is 2.15. The number of carbonyl (C=O) groups is 1. The summed E-state index contributed by atoms with van der Waals surface area (Å²) in [6.07, 6.45) is 1.48. The molecule has 0 heterocycles. The van der Waals surface area contributed by atoms with Crippen molar-refractivity contribution in [2.45, 2.75) is 45.6 Å². The van der Waals surface area contributed by atoms with E-state index in [2.05, 4.69) is 23.7 Å². The molecule has 0 aromatic carbocycles. The average Bonchev–Trinajstić information content (AvgIpc) is 2.30. The maximum atomic E-state index is 11.6. The lowest BCUT2D eigenvalue weighted by Gasteiger charge is -2.28. The topological polar surface area (TPSA) is 69.5 Å². The zero-order valence-electron chi connectivity index (χ0n) is 12.0. The first-order chi connectivity index (χ1) is 8.89. The normalized spacial score (nSPS) is 10.9. The van der Waals surface area contributed by atoms with E-state index in [9.17, 15) is 4.79 Å². The fourth-order valence-corrected chi connectivity index (χ4v) is 1.33. The number of hydrogen-bond donors (Lipinski definition) is 0. The second kappa shape index (κ2) is 9.35. The molecule has 0 unspecified atom stereocenters. The van der Waals surface area contributed by atoms with Crippen LogP contribution in [-0.2, 0) is 19.2 Å². The van der Waals surface area contributed by atoms with Crippen LogP contribution in [0.25, 0.3) is 0 Å². The van der Waals surface area contributed by atoms with Gasteiger partial charge in [0, 0.05) is 19.9 Å². The van der Waals surface area contributed by atoms with Crippen LogP contribution in [0.1, 0.15) is 40.0 Å². The zero-order valence-corrected chi connectivity index (χ0v) is 12.0. The van der Waals surface area contributed by atoms with Gasteiger partial charge in [-0.15, -0.1) is 16.7 Å². The summed E-state index contributed by atoms with van der Waals surface area (Å²) in [5.74, 6) is 0.751. The SMILES string of the molecule is C=NOCC[C-](CCC(=O)OC(C)(C)C)CON=C. The average molecular weight is 271 g/mol. The van der Waals surface area contributed by atoms with E-state index in [1.54, 1.807) is 0 Å². The predicted molar refractivity (Wildman–Crippen MR) is 73.9 cm³/mol. The number of hydrogen-bond acceptors (Lipinski definition) is 6. The largest absolute Gasteiger partial charge is 0.460 e. The Morgan fingerprint density at radius 3 is 2.32 bits per heavy atom. The van der Waals surface area contributed by atoms with Crippen molar-refractivity contribution in [3.63, 3.8) is 0 Å². The summed E-state index contributed by atoms with van der Waals surface area (Å²) in [6, 6.07) is 0. The number of esters is 1. The smallest absolute Gasteiger partial charge is 0.303 e. The molecule has 0 aromatic heterocycles. The highest BCUT2D eigenvalue weighted by molar-refractivity contribution is 5.70. The minimum absolute atomic E-state index is 0.237. The summed E-state index contributed by atoms with van der Waals surface area (Å²) in [5.41, 5.74) is -0.466. The molecule has 6 nitrogen and oxygen atoms in total. The number of rotatable bonds is 10. The fourth-order valence-electron chi connectivity index (χ4n) is 1.33. The van der Waals surface area contributed by atoms with Crippen LogP contribution in [0.5, 0.6) is 0 Å². The van der Waals surface area contributed by atoms with E-state index in [1.165, 1.54) is 0 Å². The second-order valence-electron chi connectivity index (χ2n) is 4.95. The van der Waals surface area contributed by atoms with Gasteiger partial charge in [-0.3, -0.25) is 10.7 Å². The van der Waals surface area contributed by atoms with E-state index in [-0.39, 0.29) is 5.97 Å². The van der Waals surface area contributed by atoms with Gasteiger partial charge in [0.2, 0.25) is 0 Å². The standard InChI is InChI=1S/C13H23N2O4/c1-13(2,3)19-12(16)7-6-11(10-18-15-5)8-9-17-14-4/h4-10H2,1-3H3/q-1. The minimum atomic E-state index is -0.466. The van der Waals surface area contributed by atoms with Crippen LogP contribution in [0.3, 0.4) is 0 Å². The molecular formula is C13H23N2O4-. The van der Waals surface area contributed by atoms with Crippen molar-refractivity contribution < 1.29 is 19.2 Å². The Morgan fingerprint density at radius 2 is 1.79 bits per heavy atom. The Bertz CT molecular complexity index is 287. The molecule has 110 valence electrons. The molecule has 0 aliphatic carbocycles. The summed E-state index contributed by atoms with van der Waals surface area (Å²) >= 11 is 0. The third-order valence-corrected chi connectivity index (χ3v) is 2.10. The van der Waals surface area contributed by atoms with Crippen molar-refractivity contribution in [3.8, 4) is 0 Å². The second-order valence-corrected chi connectivity index (χ2v) is 4.95. The van der Waals surface area contributed by atoms with Crippen LogP contribution < -0.4 is 0 Å². The first-order valence-corrected chi connectivity index (χ1v) is 6.10. The van der Waals surface area contributed by atoms with Crippen molar-refractivity contribution >= 4 is 19.4 Å². The Balaban J connectivity index is 4.05. The first-order valence-electron chi connectivity index (χ1n) is 6.10. The third-order valence-electron chi connectivity index (χ3n) is 2.10. The molecule has 0 aliphatic heterocycles. The van der Waals surface area contributed by atoms with E-state index in [4.69, 9.17) is 14.4 Å².